The molecule has 11 heteroatoms. The van der Waals surface area contributed by atoms with Gasteiger partial charge in [0.1, 0.15) is 23.7 Å². The van der Waals surface area contributed by atoms with E-state index in [0.717, 1.165) is 30.2 Å². The molecule has 166 valence electrons. The molecule has 0 spiro atoms. The number of aldehydes is 1. The lowest BCUT2D eigenvalue weighted by molar-refractivity contribution is -0.137. The Morgan fingerprint density at radius 2 is 1.97 bits per heavy atom. The van der Waals surface area contributed by atoms with E-state index in [2.05, 4.69) is 15.3 Å². The number of halogens is 5. The molecule has 1 N–H and O–H groups in total. The second-order valence-electron chi connectivity index (χ2n) is 7.81. The van der Waals surface area contributed by atoms with E-state index in [0.29, 0.717) is 25.5 Å². The quantitative estimate of drug-likeness (QED) is 0.545. The lowest BCUT2D eigenvalue weighted by atomic mass is 9.92. The maximum absolute atomic E-state index is 13.7. The molecule has 0 amide bonds. The Morgan fingerprint density at radius 3 is 2.61 bits per heavy atom. The zero-order valence-corrected chi connectivity index (χ0v) is 16.4. The van der Waals surface area contributed by atoms with E-state index in [4.69, 9.17) is 0 Å². The maximum atomic E-state index is 13.7. The van der Waals surface area contributed by atoms with Crippen LogP contribution in [0.1, 0.15) is 23.5 Å². The Morgan fingerprint density at radius 1 is 1.19 bits per heavy atom. The van der Waals surface area contributed by atoms with Gasteiger partial charge in [0, 0.05) is 38.2 Å². The lowest BCUT2D eigenvalue weighted by Crippen LogP contribution is -2.45. The zero-order chi connectivity index (χ0) is 22.2. The fourth-order valence-corrected chi connectivity index (χ4v) is 3.77. The maximum Gasteiger partial charge on any atom is 0.416 e. The molecule has 2 aromatic heterocycles. The summed E-state index contributed by atoms with van der Waals surface area (Å²) in [7, 11) is 0. The lowest BCUT2D eigenvalue weighted by Gasteiger charge is -2.38. The van der Waals surface area contributed by atoms with Gasteiger partial charge in [0.05, 0.1) is 18.7 Å². The van der Waals surface area contributed by atoms with Crippen LogP contribution in [0.5, 0.6) is 0 Å². The molecule has 0 unspecified atom stereocenters. The van der Waals surface area contributed by atoms with Gasteiger partial charge < -0.3 is 15.0 Å². The Bertz CT molecular complexity index is 961. The molecule has 6 nitrogen and oxygen atoms in total. The van der Waals surface area contributed by atoms with Crippen LogP contribution in [0, 0.1) is 0 Å². The van der Waals surface area contributed by atoms with E-state index in [1.54, 1.807) is 12.1 Å². The summed E-state index contributed by atoms with van der Waals surface area (Å²) in [5.74, 6) is -2.24. The molecule has 2 aliphatic heterocycles. The van der Waals surface area contributed by atoms with E-state index in [1.165, 1.54) is 4.90 Å². The van der Waals surface area contributed by atoms with Gasteiger partial charge in [0.2, 0.25) is 0 Å². The van der Waals surface area contributed by atoms with Crippen molar-refractivity contribution in [3.63, 3.8) is 0 Å². The molecule has 4 rings (SSSR count). The second-order valence-corrected chi connectivity index (χ2v) is 7.81. The van der Waals surface area contributed by atoms with E-state index in [1.807, 2.05) is 4.90 Å². The number of rotatable bonds is 6. The fraction of sp³-hybridized carbons (Fsp3) is 0.450. The van der Waals surface area contributed by atoms with Gasteiger partial charge in [-0.1, -0.05) is 0 Å². The van der Waals surface area contributed by atoms with Crippen molar-refractivity contribution in [3.8, 4) is 0 Å². The van der Waals surface area contributed by atoms with Crippen molar-refractivity contribution >= 4 is 23.7 Å². The number of aromatic nitrogens is 2. The third-order valence-corrected chi connectivity index (χ3v) is 5.43. The highest BCUT2D eigenvalue weighted by Gasteiger charge is 2.39. The first-order valence-electron chi connectivity index (χ1n) is 9.74. The highest BCUT2D eigenvalue weighted by atomic mass is 19.4. The van der Waals surface area contributed by atoms with Gasteiger partial charge >= 0.3 is 6.18 Å². The first-order valence-corrected chi connectivity index (χ1v) is 9.74. The molecule has 0 aliphatic carbocycles. The molecule has 0 atom stereocenters. The average Bonchev–Trinajstić information content (AvgIpc) is 3.03. The number of hydrogen-bond donors (Lipinski definition) is 1. The molecular weight excluding hydrogens is 421 g/mol. The summed E-state index contributed by atoms with van der Waals surface area (Å²) < 4.78 is 66.4. The normalized spacial score (nSPS) is 19.3. The molecule has 0 bridgehead atoms. The highest BCUT2D eigenvalue weighted by Crippen LogP contribution is 2.35. The van der Waals surface area contributed by atoms with Crippen molar-refractivity contribution in [1.82, 2.24) is 14.9 Å². The third kappa shape index (κ3) is 4.92. The monoisotopic (exact) mass is 441 g/mol. The predicted molar refractivity (Wildman–Crippen MR) is 104 cm³/mol. The van der Waals surface area contributed by atoms with Crippen molar-refractivity contribution in [2.45, 2.75) is 24.4 Å². The summed E-state index contributed by atoms with van der Waals surface area (Å²) >= 11 is 0. The van der Waals surface area contributed by atoms with Crippen molar-refractivity contribution in [3.05, 3.63) is 41.6 Å². The van der Waals surface area contributed by atoms with Crippen LogP contribution in [0.25, 0.3) is 0 Å². The highest BCUT2D eigenvalue weighted by molar-refractivity contribution is 5.59. The summed E-state index contributed by atoms with van der Waals surface area (Å²) in [5, 5.41) is 2.77. The number of anilines is 3. The second kappa shape index (κ2) is 8.03. The predicted octanol–water partition coefficient (Wildman–Crippen LogP) is 3.68. The zero-order valence-electron chi connectivity index (χ0n) is 16.4. The van der Waals surface area contributed by atoms with Gasteiger partial charge in [-0.25, -0.2) is 18.7 Å². The van der Waals surface area contributed by atoms with Gasteiger partial charge in [-0.05, 0) is 29.8 Å². The summed E-state index contributed by atoms with van der Waals surface area (Å²) in [6.07, 6.45) is -2.95. The van der Waals surface area contributed by atoms with E-state index < -0.39 is 24.2 Å². The van der Waals surface area contributed by atoms with Gasteiger partial charge in [-0.15, -0.1) is 0 Å². The van der Waals surface area contributed by atoms with Crippen molar-refractivity contribution in [1.29, 1.82) is 0 Å². The standard InChI is InChI=1S/C20H20F5N5O/c21-19(22)2-4-30(12-19)18-8-13(14-10-29(11-14)5-6-31)7-17(28-18)27-16-9-15(1-3-26-16)20(23,24)25/h1,3,6-9,14H,2,4-5,10-12H2,(H,26,27,28). The number of nitrogens with zero attached hydrogens (tertiary/aromatic N) is 4. The molecule has 31 heavy (non-hydrogen) atoms. The smallest absolute Gasteiger partial charge is 0.350 e. The van der Waals surface area contributed by atoms with Crippen LogP contribution in [0.15, 0.2) is 30.5 Å². The van der Waals surface area contributed by atoms with Crippen molar-refractivity contribution in [2.24, 2.45) is 0 Å². The van der Waals surface area contributed by atoms with Crippen molar-refractivity contribution in [2.75, 3.05) is 42.9 Å². The minimum Gasteiger partial charge on any atom is -0.350 e. The number of hydrogen-bond acceptors (Lipinski definition) is 6. The number of pyridine rings is 2. The van der Waals surface area contributed by atoms with Gasteiger partial charge in [0.15, 0.2) is 0 Å². The number of alkyl halides is 5. The van der Waals surface area contributed by atoms with E-state index in [-0.39, 0.29) is 30.5 Å². The summed E-state index contributed by atoms with van der Waals surface area (Å²) in [6, 6.07) is 5.15. The Kier molecular flexibility index (Phi) is 5.54. The molecule has 2 aromatic rings. The van der Waals surface area contributed by atoms with Crippen molar-refractivity contribution < 1.29 is 26.7 Å². The Hall–Kier alpha value is -2.82. The molecule has 4 heterocycles. The van der Waals surface area contributed by atoms with E-state index in [9.17, 15) is 26.7 Å². The van der Waals surface area contributed by atoms with Gasteiger partial charge in [-0.2, -0.15) is 13.2 Å². The number of carbonyl (C=O) groups excluding carboxylic acids is 1. The Labute approximate surface area is 175 Å². The minimum absolute atomic E-state index is 0.0478. The summed E-state index contributed by atoms with van der Waals surface area (Å²) in [4.78, 5) is 22.3. The molecule has 2 fully saturated rings. The first kappa shape index (κ1) is 21.4. The number of nitrogens with one attached hydrogen (secondary N) is 1. The molecule has 0 saturated carbocycles. The molecule has 0 radical (unpaired) electrons. The minimum atomic E-state index is -4.52. The number of carbonyl (C=O) groups is 1. The summed E-state index contributed by atoms with van der Waals surface area (Å²) in [6.45, 7) is 1.23. The molecule has 2 aliphatic rings. The largest absolute Gasteiger partial charge is 0.416 e. The van der Waals surface area contributed by atoms with Crippen LogP contribution in [0.4, 0.5) is 39.4 Å². The first-order chi connectivity index (χ1) is 14.6. The van der Waals surface area contributed by atoms with Crippen LogP contribution in [0.2, 0.25) is 0 Å². The van der Waals surface area contributed by atoms with Crippen LogP contribution < -0.4 is 10.2 Å². The third-order valence-electron chi connectivity index (χ3n) is 5.43. The Balaban J connectivity index is 1.61. The topological polar surface area (TPSA) is 61.4 Å². The van der Waals surface area contributed by atoms with Gasteiger partial charge in [0.25, 0.3) is 5.92 Å². The van der Waals surface area contributed by atoms with Crippen LogP contribution in [-0.2, 0) is 11.0 Å². The SMILES string of the molecule is O=CCN1CC(c2cc(Nc3cc(C(F)(F)F)ccn3)nc(N3CCC(F)(F)C3)c2)C1. The summed E-state index contributed by atoms with van der Waals surface area (Å²) in [5.41, 5.74) is -0.0408. The molecular formula is C20H20F5N5O. The number of likely N-dealkylation sites (tertiary alicyclic amines) is 1. The fourth-order valence-electron chi connectivity index (χ4n) is 3.77. The van der Waals surface area contributed by atoms with E-state index >= 15 is 0 Å². The van der Waals surface area contributed by atoms with Crippen LogP contribution in [0.3, 0.4) is 0 Å². The molecule has 0 aromatic carbocycles. The molecule has 2 saturated heterocycles. The van der Waals surface area contributed by atoms with Gasteiger partial charge in [-0.3, -0.25) is 4.90 Å². The average molecular weight is 441 g/mol. The van der Waals surface area contributed by atoms with Crippen LogP contribution >= 0.6 is 0 Å². The van der Waals surface area contributed by atoms with Crippen LogP contribution in [-0.4, -0.2) is 59.8 Å².